The van der Waals surface area contributed by atoms with E-state index in [1.165, 1.54) is 0 Å². The fourth-order valence-corrected chi connectivity index (χ4v) is 5.33. The van der Waals surface area contributed by atoms with E-state index >= 15 is 0 Å². The maximum absolute atomic E-state index is 10.6. The maximum Gasteiger partial charge on any atom is 0.146 e. The molecule has 0 bridgehead atoms. The SMILES string of the molecule is COCO[C@@H]1CCSC[C@@H]1[C@H](O)[C@H]1CSCC[C@H]1O. The van der Waals surface area contributed by atoms with Crippen molar-refractivity contribution < 1.29 is 19.7 Å². The van der Waals surface area contributed by atoms with Gasteiger partial charge in [-0.3, -0.25) is 0 Å². The van der Waals surface area contributed by atoms with Gasteiger partial charge in [0.2, 0.25) is 0 Å². The van der Waals surface area contributed by atoms with Crippen LogP contribution in [0.25, 0.3) is 0 Å². The number of methoxy groups -OCH3 is 1. The third-order valence-electron chi connectivity index (χ3n) is 3.97. The normalized spacial score (nSPS) is 38.1. The summed E-state index contributed by atoms with van der Waals surface area (Å²) in [6, 6.07) is 0. The number of thioether (sulfide) groups is 2. The van der Waals surface area contributed by atoms with Gasteiger partial charge in [-0.05, 0) is 24.3 Å². The highest BCUT2D eigenvalue weighted by Gasteiger charge is 2.39. The third-order valence-corrected chi connectivity index (χ3v) is 6.26. The first-order chi connectivity index (χ1) is 9.24. The van der Waals surface area contributed by atoms with Crippen molar-refractivity contribution in [2.45, 2.75) is 31.2 Å². The standard InChI is InChI=1S/C13H24O4S2/c1-16-8-17-12-3-5-19-7-10(12)13(15)9-6-18-4-2-11(9)14/h9-15H,2-8H2,1H3/t9-,10-,11+,12+,13+/m0/s1. The van der Waals surface area contributed by atoms with Crippen molar-refractivity contribution in [3.63, 3.8) is 0 Å². The average Bonchev–Trinajstić information content (AvgIpc) is 2.45. The molecule has 0 aromatic rings. The largest absolute Gasteiger partial charge is 0.393 e. The van der Waals surface area contributed by atoms with Gasteiger partial charge < -0.3 is 19.7 Å². The van der Waals surface area contributed by atoms with E-state index in [2.05, 4.69) is 0 Å². The van der Waals surface area contributed by atoms with E-state index < -0.39 is 6.10 Å². The Kier molecular flexibility index (Phi) is 6.79. The zero-order valence-electron chi connectivity index (χ0n) is 11.4. The summed E-state index contributed by atoms with van der Waals surface area (Å²) in [5.41, 5.74) is 0. The average molecular weight is 308 g/mol. The topological polar surface area (TPSA) is 58.9 Å². The van der Waals surface area contributed by atoms with Crippen molar-refractivity contribution in [3.05, 3.63) is 0 Å². The smallest absolute Gasteiger partial charge is 0.146 e. The van der Waals surface area contributed by atoms with Crippen molar-refractivity contribution in [2.75, 3.05) is 36.9 Å². The van der Waals surface area contributed by atoms with Gasteiger partial charge in [0, 0.05) is 30.5 Å². The van der Waals surface area contributed by atoms with Crippen LogP contribution in [0.2, 0.25) is 0 Å². The third kappa shape index (κ3) is 4.25. The van der Waals surface area contributed by atoms with Crippen LogP contribution in [-0.4, -0.2) is 65.4 Å². The molecule has 0 aromatic carbocycles. The molecule has 2 fully saturated rings. The summed E-state index contributed by atoms with van der Waals surface area (Å²) in [5, 5.41) is 20.7. The molecule has 112 valence electrons. The molecule has 19 heavy (non-hydrogen) atoms. The highest BCUT2D eigenvalue weighted by atomic mass is 32.2. The Morgan fingerprint density at radius 1 is 1.16 bits per heavy atom. The zero-order valence-corrected chi connectivity index (χ0v) is 13.0. The molecule has 5 atom stereocenters. The van der Waals surface area contributed by atoms with Crippen molar-refractivity contribution in [2.24, 2.45) is 11.8 Å². The van der Waals surface area contributed by atoms with Crippen LogP contribution >= 0.6 is 23.5 Å². The van der Waals surface area contributed by atoms with Crippen LogP contribution in [0.15, 0.2) is 0 Å². The summed E-state index contributed by atoms with van der Waals surface area (Å²) in [6.07, 6.45) is 0.945. The number of aliphatic hydroxyl groups is 2. The highest BCUT2D eigenvalue weighted by Crippen LogP contribution is 2.35. The lowest BCUT2D eigenvalue weighted by atomic mass is 9.84. The second kappa shape index (κ2) is 8.10. The quantitative estimate of drug-likeness (QED) is 0.745. The number of ether oxygens (including phenoxy) is 2. The molecule has 0 aromatic heterocycles. The Balaban J connectivity index is 1.95. The van der Waals surface area contributed by atoms with Gasteiger partial charge >= 0.3 is 0 Å². The fourth-order valence-electron chi connectivity index (χ4n) is 2.81. The lowest BCUT2D eigenvalue weighted by Crippen LogP contribution is -2.47. The second-order valence-corrected chi connectivity index (χ2v) is 7.52. The van der Waals surface area contributed by atoms with E-state index in [0.29, 0.717) is 0 Å². The van der Waals surface area contributed by atoms with Crippen molar-refractivity contribution in [3.8, 4) is 0 Å². The van der Waals surface area contributed by atoms with Gasteiger partial charge in [-0.2, -0.15) is 23.5 Å². The fraction of sp³-hybridized carbons (Fsp3) is 1.00. The molecular formula is C13H24O4S2. The minimum absolute atomic E-state index is 0.0175. The second-order valence-electron chi connectivity index (χ2n) is 5.22. The van der Waals surface area contributed by atoms with E-state index in [1.807, 2.05) is 23.5 Å². The Hall–Kier alpha value is 0.540. The molecule has 0 spiro atoms. The molecule has 6 heteroatoms. The van der Waals surface area contributed by atoms with E-state index in [4.69, 9.17) is 9.47 Å². The van der Waals surface area contributed by atoms with Gasteiger partial charge in [-0.1, -0.05) is 0 Å². The molecule has 2 heterocycles. The van der Waals surface area contributed by atoms with E-state index in [9.17, 15) is 10.2 Å². The van der Waals surface area contributed by atoms with Gasteiger partial charge in [0.25, 0.3) is 0 Å². The number of rotatable bonds is 5. The Labute approximate surface area is 123 Å². The van der Waals surface area contributed by atoms with E-state index in [-0.39, 0.29) is 30.8 Å². The van der Waals surface area contributed by atoms with Crippen LogP contribution in [0.4, 0.5) is 0 Å². The first-order valence-electron chi connectivity index (χ1n) is 6.86. The Morgan fingerprint density at radius 3 is 2.53 bits per heavy atom. The highest BCUT2D eigenvalue weighted by molar-refractivity contribution is 7.99. The van der Waals surface area contributed by atoms with Crippen LogP contribution in [0.3, 0.4) is 0 Å². The molecule has 0 unspecified atom stereocenters. The summed E-state index contributed by atoms with van der Waals surface area (Å²) in [7, 11) is 1.62. The minimum atomic E-state index is -0.475. The van der Waals surface area contributed by atoms with Gasteiger partial charge in [0.05, 0.1) is 18.3 Å². The molecular weight excluding hydrogens is 284 g/mol. The summed E-state index contributed by atoms with van der Waals surface area (Å²) >= 11 is 3.69. The number of hydrogen-bond acceptors (Lipinski definition) is 6. The van der Waals surface area contributed by atoms with E-state index in [0.717, 1.165) is 35.9 Å². The molecule has 2 aliphatic rings. The van der Waals surface area contributed by atoms with Gasteiger partial charge in [-0.15, -0.1) is 0 Å². The number of aliphatic hydroxyl groups excluding tert-OH is 2. The monoisotopic (exact) mass is 308 g/mol. The summed E-state index contributed by atoms with van der Waals surface area (Å²) in [4.78, 5) is 0. The molecule has 0 saturated carbocycles. The van der Waals surface area contributed by atoms with Crippen LogP contribution in [0.5, 0.6) is 0 Å². The summed E-state index contributed by atoms with van der Waals surface area (Å²) in [5.74, 6) is 3.90. The van der Waals surface area contributed by atoms with Crippen LogP contribution in [0.1, 0.15) is 12.8 Å². The Bertz CT molecular complexity index is 267. The maximum atomic E-state index is 10.6. The molecule has 2 N–H and O–H groups in total. The number of hydrogen-bond donors (Lipinski definition) is 2. The molecule has 2 aliphatic heterocycles. The van der Waals surface area contributed by atoms with Gasteiger partial charge in [0.15, 0.2) is 0 Å². The van der Waals surface area contributed by atoms with Gasteiger partial charge in [0.1, 0.15) is 6.79 Å². The predicted molar refractivity (Wildman–Crippen MR) is 79.6 cm³/mol. The predicted octanol–water partition coefficient (Wildman–Crippen LogP) is 1.20. The first kappa shape index (κ1) is 15.9. The lowest BCUT2D eigenvalue weighted by molar-refractivity contribution is -0.119. The molecule has 0 radical (unpaired) electrons. The van der Waals surface area contributed by atoms with Crippen LogP contribution < -0.4 is 0 Å². The van der Waals surface area contributed by atoms with Gasteiger partial charge in [-0.25, -0.2) is 0 Å². The molecule has 0 aliphatic carbocycles. The van der Waals surface area contributed by atoms with Crippen molar-refractivity contribution in [1.29, 1.82) is 0 Å². The van der Waals surface area contributed by atoms with E-state index in [1.54, 1.807) is 7.11 Å². The molecule has 0 amide bonds. The van der Waals surface area contributed by atoms with Crippen LogP contribution in [0, 0.1) is 11.8 Å². The van der Waals surface area contributed by atoms with Crippen LogP contribution in [-0.2, 0) is 9.47 Å². The van der Waals surface area contributed by atoms with Crippen molar-refractivity contribution in [1.82, 2.24) is 0 Å². The molecule has 4 nitrogen and oxygen atoms in total. The zero-order chi connectivity index (χ0) is 13.7. The molecule has 2 rings (SSSR count). The first-order valence-corrected chi connectivity index (χ1v) is 9.17. The summed E-state index contributed by atoms with van der Waals surface area (Å²) < 4.78 is 10.7. The Morgan fingerprint density at radius 2 is 1.84 bits per heavy atom. The molecule has 2 saturated heterocycles. The lowest BCUT2D eigenvalue weighted by Gasteiger charge is -2.40. The minimum Gasteiger partial charge on any atom is -0.393 e. The summed E-state index contributed by atoms with van der Waals surface area (Å²) in [6.45, 7) is 0.278. The van der Waals surface area contributed by atoms with Crippen molar-refractivity contribution >= 4 is 23.5 Å².